The Morgan fingerprint density at radius 1 is 1.16 bits per heavy atom. The van der Waals surface area contributed by atoms with Crippen LogP contribution in [0.1, 0.15) is 6.42 Å². The lowest BCUT2D eigenvalue weighted by Gasteiger charge is -2.18. The highest BCUT2D eigenvalue weighted by molar-refractivity contribution is 5.90. The van der Waals surface area contributed by atoms with Crippen LogP contribution in [0.15, 0.2) is 0 Å². The maximum Gasteiger partial charge on any atom is 0.321 e. The van der Waals surface area contributed by atoms with Crippen molar-refractivity contribution in [1.29, 1.82) is 0 Å². The number of Topliss-reactive ketones (excluding diaryl/α,β-unsaturated/α-hetero) is 1. The number of rotatable bonds is 1. The summed E-state index contributed by atoms with van der Waals surface area (Å²) < 4.78 is 0. The Kier molecular flexibility index (Phi) is 5.39. The second-order valence-corrected chi connectivity index (χ2v) is 4.13. The molecule has 0 radical (unpaired) electrons. The molecule has 19 heavy (non-hydrogen) atoms. The number of carboxylic acid groups (broad SMARTS) is 1. The van der Waals surface area contributed by atoms with Crippen LogP contribution in [0.25, 0.3) is 0 Å². The van der Waals surface area contributed by atoms with Gasteiger partial charge in [0.1, 0.15) is 6.04 Å². The van der Waals surface area contributed by atoms with Gasteiger partial charge in [-0.2, -0.15) is 0 Å². The fourth-order valence-electron chi connectivity index (χ4n) is 1.44. The Hall–Kier alpha value is -2.00. The predicted molar refractivity (Wildman–Crippen MR) is 63.0 cm³/mol. The fraction of sp³-hybridized carbons (Fsp3) is 0.600. The summed E-state index contributed by atoms with van der Waals surface area (Å²) in [5.74, 6) is -2.77. The second kappa shape index (κ2) is 6.81. The van der Waals surface area contributed by atoms with E-state index in [9.17, 15) is 19.2 Å². The molecule has 2 unspecified atom stereocenters. The number of carboxylic acids is 1. The summed E-state index contributed by atoms with van der Waals surface area (Å²) >= 11 is 0. The summed E-state index contributed by atoms with van der Waals surface area (Å²) in [6.45, 7) is -0.625. The number of hydrogen-bond acceptors (Lipinski definition) is 6. The highest BCUT2D eigenvalue weighted by Crippen LogP contribution is 1.94. The molecule has 6 N–H and O–H groups in total. The highest BCUT2D eigenvalue weighted by atomic mass is 16.4. The van der Waals surface area contributed by atoms with Gasteiger partial charge in [-0.05, 0) is 0 Å². The predicted octanol–water partition coefficient (Wildman–Crippen LogP) is -3.44. The topological polar surface area (TPSA) is 151 Å². The Bertz CT molecular complexity index is 397. The van der Waals surface area contributed by atoms with Crippen LogP contribution >= 0.6 is 0 Å². The molecule has 1 heterocycles. The average molecular weight is 272 g/mol. The molecule has 2 amide bonds. The van der Waals surface area contributed by atoms with E-state index in [4.69, 9.17) is 10.8 Å². The van der Waals surface area contributed by atoms with Crippen molar-refractivity contribution < 1.29 is 24.3 Å². The van der Waals surface area contributed by atoms with Crippen LogP contribution in [0.5, 0.6) is 0 Å². The quantitative estimate of drug-likeness (QED) is 0.333. The third kappa shape index (κ3) is 5.02. The van der Waals surface area contributed by atoms with Gasteiger partial charge in [0.15, 0.2) is 5.78 Å². The van der Waals surface area contributed by atoms with Crippen LogP contribution in [-0.4, -0.2) is 60.4 Å². The molecule has 0 bridgehead atoms. The monoisotopic (exact) mass is 272 g/mol. The lowest BCUT2D eigenvalue weighted by molar-refractivity contribution is -0.141. The van der Waals surface area contributed by atoms with Crippen LogP contribution in [-0.2, 0) is 19.2 Å². The molecule has 0 aromatic heterocycles. The second-order valence-electron chi connectivity index (χ2n) is 4.13. The molecule has 0 spiro atoms. The van der Waals surface area contributed by atoms with E-state index in [1.54, 1.807) is 0 Å². The van der Waals surface area contributed by atoms with E-state index < -0.39 is 35.7 Å². The molecule has 106 valence electrons. The van der Waals surface area contributed by atoms with Crippen molar-refractivity contribution >= 4 is 23.6 Å². The van der Waals surface area contributed by atoms with E-state index in [0.717, 1.165) is 0 Å². The number of nitrogens with two attached hydrogens (primary N) is 1. The van der Waals surface area contributed by atoms with E-state index >= 15 is 0 Å². The zero-order valence-corrected chi connectivity index (χ0v) is 10.1. The summed E-state index contributed by atoms with van der Waals surface area (Å²) in [6, 6.07) is -2.11. The van der Waals surface area contributed by atoms with E-state index in [1.165, 1.54) is 0 Å². The molecule has 9 nitrogen and oxygen atoms in total. The molecule has 1 fully saturated rings. The van der Waals surface area contributed by atoms with Gasteiger partial charge in [-0.25, -0.2) is 0 Å². The van der Waals surface area contributed by atoms with Gasteiger partial charge in [-0.1, -0.05) is 0 Å². The molecule has 1 saturated heterocycles. The van der Waals surface area contributed by atoms with Gasteiger partial charge in [-0.15, -0.1) is 0 Å². The molecule has 0 aromatic carbocycles. The average Bonchev–Trinajstić information content (AvgIpc) is 2.36. The van der Waals surface area contributed by atoms with Crippen molar-refractivity contribution in [2.45, 2.75) is 18.5 Å². The third-order valence-electron chi connectivity index (χ3n) is 2.59. The minimum absolute atomic E-state index is 0.0625. The molecule has 0 aromatic rings. The van der Waals surface area contributed by atoms with Crippen LogP contribution < -0.4 is 21.7 Å². The van der Waals surface area contributed by atoms with E-state index in [-0.39, 0.29) is 26.1 Å². The van der Waals surface area contributed by atoms with Crippen LogP contribution in [0.3, 0.4) is 0 Å². The third-order valence-corrected chi connectivity index (χ3v) is 2.59. The van der Waals surface area contributed by atoms with Gasteiger partial charge in [-0.3, -0.25) is 24.5 Å². The normalized spacial score (nSPS) is 26.7. The summed E-state index contributed by atoms with van der Waals surface area (Å²) in [7, 11) is 0. The van der Waals surface area contributed by atoms with Crippen molar-refractivity contribution in [3.8, 4) is 0 Å². The lowest BCUT2D eigenvalue weighted by atomic mass is 10.1. The molecule has 9 heteroatoms. The first-order valence-corrected chi connectivity index (χ1v) is 5.68. The Labute approximate surface area is 108 Å². The van der Waals surface area contributed by atoms with Crippen LogP contribution in [0.2, 0.25) is 0 Å². The van der Waals surface area contributed by atoms with Gasteiger partial charge in [0.25, 0.3) is 0 Å². The molecule has 1 aliphatic heterocycles. The maximum atomic E-state index is 11.6. The van der Waals surface area contributed by atoms with E-state index in [2.05, 4.69) is 16.0 Å². The van der Waals surface area contributed by atoms with Crippen LogP contribution in [0, 0.1) is 0 Å². The molecule has 2 atom stereocenters. The Morgan fingerprint density at radius 2 is 1.84 bits per heavy atom. The summed E-state index contributed by atoms with van der Waals surface area (Å²) in [4.78, 5) is 45.1. The SMILES string of the molecule is NC1CNC(=O)CNC(=O)CC(C(=O)O)NCC1=O. The molecule has 1 aliphatic rings. The first kappa shape index (κ1) is 15.1. The van der Waals surface area contributed by atoms with Gasteiger partial charge >= 0.3 is 5.97 Å². The van der Waals surface area contributed by atoms with Crippen molar-refractivity contribution in [3.63, 3.8) is 0 Å². The summed E-state index contributed by atoms with van der Waals surface area (Å²) in [5.41, 5.74) is 5.53. The van der Waals surface area contributed by atoms with Crippen molar-refractivity contribution in [3.05, 3.63) is 0 Å². The molecular weight excluding hydrogens is 256 g/mol. The number of nitrogens with one attached hydrogen (secondary N) is 3. The minimum atomic E-state index is -1.25. The fourth-order valence-corrected chi connectivity index (χ4v) is 1.44. The van der Waals surface area contributed by atoms with E-state index in [1.807, 2.05) is 0 Å². The molecular formula is C10H16N4O5. The number of amides is 2. The minimum Gasteiger partial charge on any atom is -0.480 e. The Morgan fingerprint density at radius 3 is 2.47 bits per heavy atom. The smallest absolute Gasteiger partial charge is 0.321 e. The number of aliphatic carboxylic acids is 1. The summed E-state index contributed by atoms with van der Waals surface area (Å²) in [6.07, 6.45) is -0.370. The Balaban J connectivity index is 2.74. The lowest BCUT2D eigenvalue weighted by Crippen LogP contribution is -2.52. The number of carbonyl (C=O) groups is 4. The zero-order chi connectivity index (χ0) is 14.4. The standard InChI is InChI=1S/C10H16N4O5/c11-5-2-13-9(17)4-14-8(16)1-6(10(18)19)12-3-7(5)15/h5-6,12H,1-4,11H2,(H,13,17)(H,14,16)(H,18,19). The molecule has 0 saturated carbocycles. The zero-order valence-electron chi connectivity index (χ0n) is 10.1. The molecule has 1 rings (SSSR count). The van der Waals surface area contributed by atoms with Crippen molar-refractivity contribution in [1.82, 2.24) is 16.0 Å². The van der Waals surface area contributed by atoms with Crippen molar-refractivity contribution in [2.24, 2.45) is 5.73 Å². The van der Waals surface area contributed by atoms with Gasteiger partial charge < -0.3 is 21.5 Å². The maximum absolute atomic E-state index is 11.6. The number of hydrogen-bond donors (Lipinski definition) is 5. The van der Waals surface area contributed by atoms with E-state index in [0.29, 0.717) is 0 Å². The number of ketones is 1. The van der Waals surface area contributed by atoms with Gasteiger partial charge in [0.05, 0.1) is 25.6 Å². The largest absolute Gasteiger partial charge is 0.480 e. The first-order chi connectivity index (χ1) is 8.90. The number of carbonyl (C=O) groups excluding carboxylic acids is 3. The van der Waals surface area contributed by atoms with Crippen molar-refractivity contribution in [2.75, 3.05) is 19.6 Å². The molecule has 0 aliphatic carbocycles. The highest BCUT2D eigenvalue weighted by Gasteiger charge is 2.24. The first-order valence-electron chi connectivity index (χ1n) is 5.68. The van der Waals surface area contributed by atoms with Gasteiger partial charge in [0.2, 0.25) is 11.8 Å². The summed E-state index contributed by atoms with van der Waals surface area (Å²) in [5, 5.41) is 16.0. The van der Waals surface area contributed by atoms with Crippen LogP contribution in [0.4, 0.5) is 0 Å². The van der Waals surface area contributed by atoms with Gasteiger partial charge in [0, 0.05) is 6.54 Å².